The average Bonchev–Trinajstić information content (AvgIpc) is 3.05. The minimum atomic E-state index is 0.220. The van der Waals surface area contributed by atoms with E-state index >= 15 is 0 Å². The van der Waals surface area contributed by atoms with Crippen molar-refractivity contribution < 1.29 is 4.79 Å². The quantitative estimate of drug-likeness (QED) is 0.863. The van der Waals surface area contributed by atoms with Crippen molar-refractivity contribution in [3.05, 3.63) is 27.9 Å². The minimum Gasteiger partial charge on any atom is -0.340 e. The summed E-state index contributed by atoms with van der Waals surface area (Å²) in [6.45, 7) is 3.81. The van der Waals surface area contributed by atoms with Crippen LogP contribution in [0.3, 0.4) is 0 Å². The van der Waals surface area contributed by atoms with Gasteiger partial charge in [0.25, 0.3) is 0 Å². The highest BCUT2D eigenvalue weighted by molar-refractivity contribution is 7.14. The summed E-state index contributed by atoms with van der Waals surface area (Å²) in [7, 11) is 0. The first-order chi connectivity index (χ1) is 10.8. The molecule has 0 N–H and O–H groups in total. The van der Waals surface area contributed by atoms with Crippen molar-refractivity contribution in [2.24, 2.45) is 0 Å². The van der Waals surface area contributed by atoms with E-state index in [1.54, 1.807) is 22.7 Å². The molecule has 116 valence electrons. The number of carbonyl (C=O) groups excluding carboxylic acids is 1. The van der Waals surface area contributed by atoms with Gasteiger partial charge in [0, 0.05) is 48.5 Å². The summed E-state index contributed by atoms with van der Waals surface area (Å²) in [4.78, 5) is 21.6. The van der Waals surface area contributed by atoms with E-state index in [1.165, 1.54) is 12.8 Å². The van der Waals surface area contributed by atoms with E-state index in [-0.39, 0.29) is 5.91 Å². The van der Waals surface area contributed by atoms with Gasteiger partial charge in [0.05, 0.1) is 12.1 Å². The van der Waals surface area contributed by atoms with Gasteiger partial charge in [-0.1, -0.05) is 0 Å². The number of nitrogens with zero attached hydrogens (tertiary/aromatic N) is 3. The average molecular weight is 333 g/mol. The second-order valence-corrected chi connectivity index (χ2v) is 7.62. The van der Waals surface area contributed by atoms with Gasteiger partial charge in [-0.05, 0) is 24.3 Å². The van der Waals surface area contributed by atoms with Crippen molar-refractivity contribution in [1.29, 1.82) is 0 Å². The van der Waals surface area contributed by atoms with Crippen LogP contribution in [0, 0.1) is 0 Å². The van der Waals surface area contributed by atoms with Gasteiger partial charge in [0.15, 0.2) is 0 Å². The third kappa shape index (κ3) is 3.09. The second kappa shape index (κ2) is 6.10. The fraction of sp³-hybridized carbons (Fsp3) is 0.500. The summed E-state index contributed by atoms with van der Waals surface area (Å²) < 4.78 is 0. The summed E-state index contributed by atoms with van der Waals surface area (Å²) in [5.74, 6) is 0.220. The molecule has 2 aliphatic rings. The maximum absolute atomic E-state index is 12.4. The molecule has 0 bridgehead atoms. The minimum absolute atomic E-state index is 0.220. The molecule has 4 nitrogen and oxygen atoms in total. The Morgan fingerprint density at radius 1 is 1.23 bits per heavy atom. The van der Waals surface area contributed by atoms with Gasteiger partial charge in [-0.3, -0.25) is 9.69 Å². The van der Waals surface area contributed by atoms with Crippen LogP contribution in [0.2, 0.25) is 0 Å². The van der Waals surface area contributed by atoms with Crippen LogP contribution in [0.5, 0.6) is 0 Å². The van der Waals surface area contributed by atoms with Gasteiger partial charge < -0.3 is 4.90 Å². The van der Waals surface area contributed by atoms with Crippen LogP contribution in [0.1, 0.15) is 18.5 Å². The van der Waals surface area contributed by atoms with Gasteiger partial charge in [0.1, 0.15) is 5.01 Å². The van der Waals surface area contributed by atoms with Crippen LogP contribution >= 0.6 is 22.7 Å². The zero-order valence-electron chi connectivity index (χ0n) is 12.4. The molecule has 0 unspecified atom stereocenters. The van der Waals surface area contributed by atoms with E-state index in [0.717, 1.165) is 48.5 Å². The Kier molecular flexibility index (Phi) is 3.98. The number of amides is 1. The summed E-state index contributed by atoms with van der Waals surface area (Å²) >= 11 is 3.30. The van der Waals surface area contributed by atoms with E-state index in [0.29, 0.717) is 6.42 Å². The third-order valence-corrected chi connectivity index (χ3v) is 6.01. The lowest BCUT2D eigenvalue weighted by Gasteiger charge is -2.34. The molecule has 4 rings (SSSR count). The Bertz CT molecular complexity index is 640. The van der Waals surface area contributed by atoms with E-state index in [1.807, 2.05) is 10.3 Å². The molecule has 1 saturated heterocycles. The Morgan fingerprint density at radius 3 is 2.73 bits per heavy atom. The molecule has 2 aromatic heterocycles. The van der Waals surface area contributed by atoms with Crippen molar-refractivity contribution in [2.75, 3.05) is 26.2 Å². The van der Waals surface area contributed by atoms with Crippen molar-refractivity contribution in [3.63, 3.8) is 0 Å². The fourth-order valence-electron chi connectivity index (χ4n) is 2.95. The molecule has 2 fully saturated rings. The van der Waals surface area contributed by atoms with Gasteiger partial charge in [-0.15, -0.1) is 11.3 Å². The van der Waals surface area contributed by atoms with Crippen LogP contribution in [0.25, 0.3) is 10.6 Å². The lowest BCUT2D eigenvalue weighted by molar-refractivity contribution is -0.132. The molecule has 1 aliphatic carbocycles. The second-order valence-electron chi connectivity index (χ2n) is 5.98. The van der Waals surface area contributed by atoms with Crippen molar-refractivity contribution in [1.82, 2.24) is 14.8 Å². The predicted octanol–water partition coefficient (Wildman–Crippen LogP) is 2.72. The molecule has 1 saturated carbocycles. The molecule has 3 heterocycles. The maximum Gasteiger partial charge on any atom is 0.228 e. The molecule has 0 spiro atoms. The Balaban J connectivity index is 1.34. The van der Waals surface area contributed by atoms with Crippen LogP contribution in [-0.2, 0) is 11.2 Å². The fourth-order valence-corrected chi connectivity index (χ4v) is 4.48. The first kappa shape index (κ1) is 14.4. The Morgan fingerprint density at radius 2 is 2.05 bits per heavy atom. The van der Waals surface area contributed by atoms with Gasteiger partial charge in [-0.2, -0.15) is 11.3 Å². The summed E-state index contributed by atoms with van der Waals surface area (Å²) in [6.07, 6.45) is 3.13. The molecule has 1 aliphatic heterocycles. The monoisotopic (exact) mass is 333 g/mol. The zero-order chi connectivity index (χ0) is 14.9. The number of piperazine rings is 1. The molecule has 0 atom stereocenters. The van der Waals surface area contributed by atoms with Crippen LogP contribution < -0.4 is 0 Å². The number of hydrogen-bond donors (Lipinski definition) is 0. The highest BCUT2D eigenvalue weighted by Gasteiger charge is 2.32. The van der Waals surface area contributed by atoms with Gasteiger partial charge in [0.2, 0.25) is 5.91 Å². The largest absolute Gasteiger partial charge is 0.340 e. The molecule has 0 radical (unpaired) electrons. The standard InChI is InChI=1S/C16H19N3OS2/c20-15(19-6-4-18(5-7-19)14-1-2-14)9-13-11-22-16(17-13)12-3-8-21-10-12/h3,8,10-11,14H,1-2,4-7,9H2. The molecule has 1 amide bonds. The summed E-state index contributed by atoms with van der Waals surface area (Å²) in [5.41, 5.74) is 2.06. The molecular formula is C16H19N3OS2. The topological polar surface area (TPSA) is 36.4 Å². The lowest BCUT2D eigenvalue weighted by atomic mass is 10.2. The van der Waals surface area contributed by atoms with Gasteiger partial charge >= 0.3 is 0 Å². The van der Waals surface area contributed by atoms with E-state index in [2.05, 4.69) is 26.7 Å². The highest BCUT2D eigenvalue weighted by atomic mass is 32.1. The summed E-state index contributed by atoms with van der Waals surface area (Å²) in [6, 6.07) is 2.88. The Labute approximate surface area is 138 Å². The first-order valence-electron chi connectivity index (χ1n) is 7.78. The van der Waals surface area contributed by atoms with Crippen LogP contribution in [0.15, 0.2) is 22.2 Å². The van der Waals surface area contributed by atoms with Crippen molar-refractivity contribution in [2.45, 2.75) is 25.3 Å². The molecule has 22 heavy (non-hydrogen) atoms. The zero-order valence-corrected chi connectivity index (χ0v) is 14.0. The number of aromatic nitrogens is 1. The van der Waals surface area contributed by atoms with Crippen LogP contribution in [0.4, 0.5) is 0 Å². The number of hydrogen-bond acceptors (Lipinski definition) is 5. The number of rotatable bonds is 4. The van der Waals surface area contributed by atoms with E-state index < -0.39 is 0 Å². The predicted molar refractivity (Wildman–Crippen MR) is 90.3 cm³/mol. The summed E-state index contributed by atoms with van der Waals surface area (Å²) in [5, 5.41) is 7.19. The number of carbonyl (C=O) groups is 1. The third-order valence-electron chi connectivity index (χ3n) is 4.38. The molecule has 2 aromatic rings. The Hall–Kier alpha value is -1.24. The molecule has 6 heteroatoms. The van der Waals surface area contributed by atoms with Crippen LogP contribution in [-0.4, -0.2) is 52.9 Å². The lowest BCUT2D eigenvalue weighted by Crippen LogP contribution is -2.49. The smallest absolute Gasteiger partial charge is 0.228 e. The highest BCUT2D eigenvalue weighted by Crippen LogP contribution is 2.28. The van der Waals surface area contributed by atoms with Crippen molar-refractivity contribution in [3.8, 4) is 10.6 Å². The molecule has 0 aromatic carbocycles. The van der Waals surface area contributed by atoms with Crippen molar-refractivity contribution >= 4 is 28.6 Å². The molecular weight excluding hydrogens is 314 g/mol. The number of thiazole rings is 1. The first-order valence-corrected chi connectivity index (χ1v) is 9.60. The number of thiophene rings is 1. The SMILES string of the molecule is O=C(Cc1csc(-c2ccsc2)n1)N1CCN(C2CC2)CC1. The van der Waals surface area contributed by atoms with E-state index in [4.69, 9.17) is 0 Å². The van der Waals surface area contributed by atoms with Gasteiger partial charge in [-0.25, -0.2) is 4.98 Å². The normalized spacial score (nSPS) is 19.5. The maximum atomic E-state index is 12.4. The van der Waals surface area contributed by atoms with E-state index in [9.17, 15) is 4.79 Å².